The molecule has 2 N–H and O–H groups in total. The lowest BCUT2D eigenvalue weighted by molar-refractivity contribution is 0.682. The number of H-pyrrole nitrogens is 1. The van der Waals surface area contributed by atoms with Crippen molar-refractivity contribution in [2.24, 2.45) is 0 Å². The summed E-state index contributed by atoms with van der Waals surface area (Å²) in [4.78, 5) is 3.48. The maximum atomic E-state index is 3.59. The van der Waals surface area contributed by atoms with Crippen LogP contribution in [0.15, 0.2) is 18.2 Å². The topological polar surface area (TPSA) is 27.8 Å². The van der Waals surface area contributed by atoms with Crippen LogP contribution in [0.4, 0.5) is 0 Å². The zero-order valence-corrected chi connectivity index (χ0v) is 10.6. The van der Waals surface area contributed by atoms with Crippen LogP contribution in [0.3, 0.4) is 0 Å². The number of hydrogen-bond acceptors (Lipinski definition) is 1. The van der Waals surface area contributed by atoms with Gasteiger partial charge in [-0.2, -0.15) is 0 Å². The highest BCUT2D eigenvalue weighted by atomic mass is 14.9. The summed E-state index contributed by atoms with van der Waals surface area (Å²) in [5.74, 6) is 0. The van der Waals surface area contributed by atoms with E-state index in [0.29, 0.717) is 0 Å². The number of hydrogen-bond donors (Lipinski definition) is 2. The smallest absolute Gasteiger partial charge is 0.0459 e. The van der Waals surface area contributed by atoms with E-state index in [2.05, 4.69) is 42.3 Å². The molecule has 1 aliphatic rings. The molecular weight excluding hydrogens is 208 g/mol. The molecule has 0 unspecified atom stereocenters. The van der Waals surface area contributed by atoms with Crippen LogP contribution in [0.25, 0.3) is 10.9 Å². The lowest BCUT2D eigenvalue weighted by Crippen LogP contribution is -2.19. The van der Waals surface area contributed by atoms with Crippen LogP contribution in [0.2, 0.25) is 0 Å². The molecule has 0 amide bonds. The molecule has 17 heavy (non-hydrogen) atoms. The molecule has 2 heteroatoms. The lowest BCUT2D eigenvalue weighted by Gasteiger charge is -2.03. The molecule has 2 nitrogen and oxygen atoms in total. The Morgan fingerprint density at radius 1 is 1.29 bits per heavy atom. The van der Waals surface area contributed by atoms with Crippen molar-refractivity contribution >= 4 is 10.9 Å². The Morgan fingerprint density at radius 2 is 2.12 bits per heavy atom. The van der Waals surface area contributed by atoms with E-state index < -0.39 is 0 Å². The number of rotatable bonds is 4. The van der Waals surface area contributed by atoms with Gasteiger partial charge in [-0.15, -0.1) is 0 Å². The van der Waals surface area contributed by atoms with Gasteiger partial charge >= 0.3 is 0 Å². The Balaban J connectivity index is 1.84. The second kappa shape index (κ2) is 4.19. The first-order chi connectivity index (χ1) is 8.24. The van der Waals surface area contributed by atoms with E-state index in [1.807, 2.05) is 0 Å². The largest absolute Gasteiger partial charge is 0.358 e. The molecule has 1 aromatic carbocycles. The van der Waals surface area contributed by atoms with Crippen LogP contribution >= 0.6 is 0 Å². The first kappa shape index (κ1) is 10.8. The van der Waals surface area contributed by atoms with Gasteiger partial charge in [-0.3, -0.25) is 0 Å². The molecule has 0 saturated heterocycles. The number of benzene rings is 1. The van der Waals surface area contributed by atoms with Gasteiger partial charge < -0.3 is 10.3 Å². The normalized spacial score (nSPS) is 15.6. The molecule has 90 valence electrons. The minimum atomic E-state index is 0.808. The van der Waals surface area contributed by atoms with Gasteiger partial charge in [0.2, 0.25) is 0 Å². The van der Waals surface area contributed by atoms with Crippen molar-refractivity contribution in [2.75, 3.05) is 6.54 Å². The summed E-state index contributed by atoms with van der Waals surface area (Å²) in [6, 6.07) is 7.47. The first-order valence-electron chi connectivity index (χ1n) is 6.55. The van der Waals surface area contributed by atoms with Gasteiger partial charge in [-0.1, -0.05) is 11.6 Å². The summed E-state index contributed by atoms with van der Waals surface area (Å²) in [5.41, 5.74) is 5.42. The molecule has 1 fully saturated rings. The fourth-order valence-electron chi connectivity index (χ4n) is 2.51. The maximum absolute atomic E-state index is 3.59. The summed E-state index contributed by atoms with van der Waals surface area (Å²) in [6.07, 6.45) is 3.86. The SMILES string of the molecule is Cc1ccc2[nH]c(C)c(CCNC3CC3)c2c1. The molecule has 1 saturated carbocycles. The minimum absolute atomic E-state index is 0.808. The van der Waals surface area contributed by atoms with Crippen molar-refractivity contribution in [2.45, 2.75) is 39.2 Å². The van der Waals surface area contributed by atoms with Crippen molar-refractivity contribution in [3.8, 4) is 0 Å². The minimum Gasteiger partial charge on any atom is -0.358 e. The van der Waals surface area contributed by atoms with Gasteiger partial charge in [-0.25, -0.2) is 0 Å². The van der Waals surface area contributed by atoms with Gasteiger partial charge in [0.25, 0.3) is 0 Å². The van der Waals surface area contributed by atoms with Gasteiger partial charge in [0.05, 0.1) is 0 Å². The van der Waals surface area contributed by atoms with E-state index in [0.717, 1.165) is 19.0 Å². The number of fused-ring (bicyclic) bond motifs is 1. The van der Waals surface area contributed by atoms with Crippen molar-refractivity contribution in [3.05, 3.63) is 35.0 Å². The summed E-state index contributed by atoms with van der Waals surface area (Å²) in [5, 5.41) is 4.99. The van der Waals surface area contributed by atoms with Crippen LogP contribution < -0.4 is 5.32 Å². The van der Waals surface area contributed by atoms with Crippen LogP contribution in [0.1, 0.15) is 29.7 Å². The summed E-state index contributed by atoms with van der Waals surface area (Å²) < 4.78 is 0. The van der Waals surface area contributed by atoms with E-state index in [1.165, 1.54) is 40.6 Å². The maximum Gasteiger partial charge on any atom is 0.0459 e. The van der Waals surface area contributed by atoms with E-state index >= 15 is 0 Å². The van der Waals surface area contributed by atoms with Gasteiger partial charge in [-0.05, 0) is 57.4 Å². The number of aryl methyl sites for hydroxylation is 2. The monoisotopic (exact) mass is 228 g/mol. The highest BCUT2D eigenvalue weighted by Crippen LogP contribution is 2.24. The molecule has 0 bridgehead atoms. The molecule has 0 aliphatic heterocycles. The van der Waals surface area contributed by atoms with E-state index in [1.54, 1.807) is 0 Å². The zero-order valence-electron chi connectivity index (χ0n) is 10.6. The van der Waals surface area contributed by atoms with Crippen molar-refractivity contribution in [1.82, 2.24) is 10.3 Å². The Hall–Kier alpha value is -1.28. The van der Waals surface area contributed by atoms with Gasteiger partial charge in [0.1, 0.15) is 0 Å². The van der Waals surface area contributed by atoms with E-state index in [9.17, 15) is 0 Å². The summed E-state index contributed by atoms with van der Waals surface area (Å²) in [7, 11) is 0. The molecule has 1 aromatic heterocycles. The zero-order chi connectivity index (χ0) is 11.8. The third kappa shape index (κ3) is 2.22. The van der Waals surface area contributed by atoms with Crippen LogP contribution in [0.5, 0.6) is 0 Å². The van der Waals surface area contributed by atoms with E-state index in [-0.39, 0.29) is 0 Å². The molecule has 1 heterocycles. The quantitative estimate of drug-likeness (QED) is 0.827. The lowest BCUT2D eigenvalue weighted by atomic mass is 10.1. The molecule has 3 rings (SSSR count). The average molecular weight is 228 g/mol. The Bertz CT molecular complexity index is 535. The fraction of sp³-hybridized carbons (Fsp3) is 0.467. The van der Waals surface area contributed by atoms with Crippen LogP contribution in [-0.2, 0) is 6.42 Å². The second-order valence-electron chi connectivity index (χ2n) is 5.26. The molecule has 0 spiro atoms. The third-order valence-corrected chi connectivity index (χ3v) is 3.66. The molecule has 2 aromatic rings. The van der Waals surface area contributed by atoms with Crippen LogP contribution in [0, 0.1) is 13.8 Å². The molecular formula is C15H20N2. The van der Waals surface area contributed by atoms with Crippen molar-refractivity contribution in [3.63, 3.8) is 0 Å². The van der Waals surface area contributed by atoms with Crippen molar-refractivity contribution < 1.29 is 0 Å². The summed E-state index contributed by atoms with van der Waals surface area (Å²) in [6.45, 7) is 5.45. The number of aromatic amines is 1. The Morgan fingerprint density at radius 3 is 2.88 bits per heavy atom. The highest BCUT2D eigenvalue weighted by Gasteiger charge is 2.20. The first-order valence-corrected chi connectivity index (χ1v) is 6.55. The Kier molecular flexibility index (Phi) is 2.67. The van der Waals surface area contributed by atoms with Gasteiger partial charge in [0, 0.05) is 22.6 Å². The Labute approximate surface area is 102 Å². The third-order valence-electron chi connectivity index (χ3n) is 3.66. The average Bonchev–Trinajstić information content (AvgIpc) is 3.06. The standard InChI is InChI=1S/C15H20N2/c1-10-3-6-15-14(9-10)13(11(2)17-15)7-8-16-12-4-5-12/h3,6,9,12,16-17H,4-5,7-8H2,1-2H3. The van der Waals surface area contributed by atoms with Crippen molar-refractivity contribution in [1.29, 1.82) is 0 Å². The summed E-state index contributed by atoms with van der Waals surface area (Å²) >= 11 is 0. The number of nitrogens with one attached hydrogen (secondary N) is 2. The number of aromatic nitrogens is 1. The molecule has 0 atom stereocenters. The molecule has 1 aliphatic carbocycles. The second-order valence-corrected chi connectivity index (χ2v) is 5.26. The predicted octanol–water partition coefficient (Wildman–Crippen LogP) is 3.08. The van der Waals surface area contributed by atoms with Crippen LogP contribution in [-0.4, -0.2) is 17.6 Å². The highest BCUT2D eigenvalue weighted by molar-refractivity contribution is 5.85. The van der Waals surface area contributed by atoms with E-state index in [4.69, 9.17) is 0 Å². The van der Waals surface area contributed by atoms with Gasteiger partial charge in [0.15, 0.2) is 0 Å². The predicted molar refractivity (Wildman–Crippen MR) is 72.5 cm³/mol. The fourth-order valence-corrected chi connectivity index (χ4v) is 2.51. The molecule has 0 radical (unpaired) electrons.